The third kappa shape index (κ3) is 8.28. The molecule has 0 heterocycles. The number of alkyl halides is 1. The van der Waals surface area contributed by atoms with Crippen LogP contribution in [0.2, 0.25) is 0 Å². The van der Waals surface area contributed by atoms with Crippen molar-refractivity contribution in [3.8, 4) is 0 Å². The quantitative estimate of drug-likeness (QED) is 0.527. The third-order valence-electron chi connectivity index (χ3n) is 1.44. The Bertz CT molecular complexity index is 237. The topological polar surface area (TPSA) is 46.2 Å². The van der Waals surface area contributed by atoms with Crippen LogP contribution < -0.4 is 4.72 Å². The first-order valence-electron chi connectivity index (χ1n) is 4.30. The van der Waals surface area contributed by atoms with E-state index in [2.05, 4.69) is 4.72 Å². The summed E-state index contributed by atoms with van der Waals surface area (Å²) in [6, 6.07) is 0. The number of nitrogens with one attached hydrogen (secondary N) is 1. The molecule has 0 radical (unpaired) electrons. The van der Waals surface area contributed by atoms with E-state index < -0.39 is 10.0 Å². The summed E-state index contributed by atoms with van der Waals surface area (Å²) in [5.41, 5.74) is 0. The van der Waals surface area contributed by atoms with Gasteiger partial charge in [0.2, 0.25) is 10.0 Å². The Hall–Kier alpha value is -0.0600. The highest BCUT2D eigenvalue weighted by atomic mass is 35.5. The summed E-state index contributed by atoms with van der Waals surface area (Å²) in [4.78, 5) is 0. The van der Waals surface area contributed by atoms with Gasteiger partial charge < -0.3 is 0 Å². The van der Waals surface area contributed by atoms with Gasteiger partial charge in [-0.1, -0.05) is 25.5 Å². The van der Waals surface area contributed by atoms with Gasteiger partial charge in [-0.3, -0.25) is 0 Å². The van der Waals surface area contributed by atoms with Gasteiger partial charge in [0.25, 0.3) is 0 Å². The number of allylic oxidation sites excluding steroid dienone is 1. The zero-order valence-electron chi connectivity index (χ0n) is 7.79. The lowest BCUT2D eigenvalue weighted by Gasteiger charge is -2.02. The van der Waals surface area contributed by atoms with E-state index in [9.17, 15) is 8.42 Å². The van der Waals surface area contributed by atoms with Gasteiger partial charge in [-0.15, -0.1) is 11.6 Å². The van der Waals surface area contributed by atoms with Crippen molar-refractivity contribution in [2.45, 2.75) is 19.8 Å². The molecule has 0 unspecified atom stereocenters. The second kappa shape index (κ2) is 7.35. The Morgan fingerprint density at radius 2 is 2.08 bits per heavy atom. The monoisotopic (exact) mass is 225 g/mol. The molecule has 0 aliphatic carbocycles. The van der Waals surface area contributed by atoms with Gasteiger partial charge in [0.15, 0.2) is 0 Å². The molecule has 0 aromatic rings. The molecule has 0 saturated heterocycles. The van der Waals surface area contributed by atoms with Crippen LogP contribution in [0.4, 0.5) is 0 Å². The van der Waals surface area contributed by atoms with Gasteiger partial charge in [-0.05, 0) is 6.42 Å². The molecule has 0 bridgehead atoms. The zero-order valence-corrected chi connectivity index (χ0v) is 9.37. The molecule has 0 aromatic carbocycles. The summed E-state index contributed by atoms with van der Waals surface area (Å²) in [6.07, 6.45) is 5.01. The highest BCUT2D eigenvalue weighted by Gasteiger charge is 2.06. The average molecular weight is 226 g/mol. The SMILES string of the molecule is CCCCS(=O)(=O)NC/C=C/CCl. The number of sulfonamides is 1. The zero-order chi connectivity index (χ0) is 10.2. The molecule has 0 aromatic heterocycles. The molecule has 5 heteroatoms. The maximum absolute atomic E-state index is 11.2. The average Bonchev–Trinajstić information content (AvgIpc) is 2.09. The lowest BCUT2D eigenvalue weighted by Crippen LogP contribution is -2.26. The minimum Gasteiger partial charge on any atom is -0.212 e. The Kier molecular flexibility index (Phi) is 7.32. The molecule has 78 valence electrons. The molecule has 0 aliphatic heterocycles. The van der Waals surface area contributed by atoms with Gasteiger partial charge in [0.1, 0.15) is 0 Å². The van der Waals surface area contributed by atoms with E-state index in [4.69, 9.17) is 11.6 Å². The van der Waals surface area contributed by atoms with E-state index >= 15 is 0 Å². The van der Waals surface area contributed by atoms with Crippen molar-refractivity contribution in [3.63, 3.8) is 0 Å². The molecule has 0 amide bonds. The minimum atomic E-state index is -3.07. The van der Waals surface area contributed by atoms with Crippen LogP contribution in [0.1, 0.15) is 19.8 Å². The summed E-state index contributed by atoms with van der Waals surface area (Å²) < 4.78 is 24.8. The number of rotatable bonds is 7. The summed E-state index contributed by atoms with van der Waals surface area (Å²) in [5.74, 6) is 0.620. The summed E-state index contributed by atoms with van der Waals surface area (Å²) in [7, 11) is -3.07. The van der Waals surface area contributed by atoms with Gasteiger partial charge in [-0.25, -0.2) is 13.1 Å². The lowest BCUT2D eigenvalue weighted by atomic mass is 10.4. The van der Waals surface area contributed by atoms with Crippen LogP contribution in [-0.4, -0.2) is 26.6 Å². The highest BCUT2D eigenvalue weighted by molar-refractivity contribution is 7.89. The maximum atomic E-state index is 11.2. The largest absolute Gasteiger partial charge is 0.212 e. The van der Waals surface area contributed by atoms with Crippen LogP contribution in [0, 0.1) is 0 Å². The van der Waals surface area contributed by atoms with Gasteiger partial charge >= 0.3 is 0 Å². The van der Waals surface area contributed by atoms with Crippen molar-refractivity contribution in [2.75, 3.05) is 18.2 Å². The smallest absolute Gasteiger partial charge is 0.211 e. The maximum Gasteiger partial charge on any atom is 0.211 e. The normalized spacial score (nSPS) is 12.5. The molecule has 0 aliphatic rings. The first kappa shape index (κ1) is 12.9. The minimum absolute atomic E-state index is 0.207. The number of hydrogen-bond donors (Lipinski definition) is 1. The molecule has 0 fully saturated rings. The molecule has 0 saturated carbocycles. The number of unbranched alkanes of at least 4 members (excludes halogenated alkanes) is 1. The molecular weight excluding hydrogens is 210 g/mol. The number of halogens is 1. The first-order valence-corrected chi connectivity index (χ1v) is 6.49. The van der Waals surface area contributed by atoms with Gasteiger partial charge in [-0.2, -0.15) is 0 Å². The molecule has 13 heavy (non-hydrogen) atoms. The van der Waals surface area contributed by atoms with Crippen molar-refractivity contribution in [1.82, 2.24) is 4.72 Å². The molecule has 3 nitrogen and oxygen atoms in total. The van der Waals surface area contributed by atoms with E-state index in [0.29, 0.717) is 18.8 Å². The fourth-order valence-electron chi connectivity index (χ4n) is 0.728. The van der Waals surface area contributed by atoms with Crippen molar-refractivity contribution in [2.24, 2.45) is 0 Å². The first-order chi connectivity index (χ1) is 6.12. The molecule has 0 spiro atoms. The molecule has 1 N–H and O–H groups in total. The van der Waals surface area contributed by atoms with Gasteiger partial charge in [0.05, 0.1) is 5.75 Å². The van der Waals surface area contributed by atoms with Crippen molar-refractivity contribution in [3.05, 3.63) is 12.2 Å². The second-order valence-corrected chi connectivity index (χ2v) is 4.88. The second-order valence-electron chi connectivity index (χ2n) is 2.65. The van der Waals surface area contributed by atoms with E-state index in [-0.39, 0.29) is 5.75 Å². The Balaban J connectivity index is 3.70. The Morgan fingerprint density at radius 1 is 1.38 bits per heavy atom. The standard InChI is InChI=1S/C8H16ClNO2S/c1-2-3-8-13(11,12)10-7-5-4-6-9/h4-5,10H,2-3,6-8H2,1H3/b5-4+. The van der Waals surface area contributed by atoms with E-state index in [0.717, 1.165) is 6.42 Å². The summed E-state index contributed by atoms with van der Waals surface area (Å²) >= 11 is 5.37. The fraction of sp³-hybridized carbons (Fsp3) is 0.750. The van der Waals surface area contributed by atoms with Crippen LogP contribution in [0.3, 0.4) is 0 Å². The molecule has 0 atom stereocenters. The van der Waals surface area contributed by atoms with Crippen LogP contribution in [-0.2, 0) is 10.0 Å². The van der Waals surface area contributed by atoms with E-state index in [1.807, 2.05) is 6.92 Å². The van der Waals surface area contributed by atoms with Gasteiger partial charge in [0, 0.05) is 12.4 Å². The van der Waals surface area contributed by atoms with Crippen molar-refractivity contribution >= 4 is 21.6 Å². The van der Waals surface area contributed by atoms with Crippen LogP contribution in [0.5, 0.6) is 0 Å². The summed E-state index contributed by atoms with van der Waals surface area (Å²) in [6.45, 7) is 2.29. The predicted molar refractivity (Wildman–Crippen MR) is 56.6 cm³/mol. The lowest BCUT2D eigenvalue weighted by molar-refractivity contribution is 0.582. The van der Waals surface area contributed by atoms with E-state index in [1.54, 1.807) is 12.2 Å². The van der Waals surface area contributed by atoms with Crippen LogP contribution in [0.25, 0.3) is 0 Å². The highest BCUT2D eigenvalue weighted by Crippen LogP contribution is 1.92. The summed E-state index contributed by atoms with van der Waals surface area (Å²) in [5, 5.41) is 0. The Morgan fingerprint density at radius 3 is 2.62 bits per heavy atom. The number of hydrogen-bond acceptors (Lipinski definition) is 2. The fourth-order valence-corrected chi connectivity index (χ4v) is 2.02. The van der Waals surface area contributed by atoms with Crippen molar-refractivity contribution in [1.29, 1.82) is 0 Å². The molecule has 0 rings (SSSR count). The van der Waals surface area contributed by atoms with Crippen molar-refractivity contribution < 1.29 is 8.42 Å². The third-order valence-corrected chi connectivity index (χ3v) is 3.05. The molecular formula is C8H16ClNO2S. The van der Waals surface area contributed by atoms with Crippen LogP contribution in [0.15, 0.2) is 12.2 Å². The van der Waals surface area contributed by atoms with Crippen LogP contribution >= 0.6 is 11.6 Å². The Labute approximate surface area is 85.2 Å². The van der Waals surface area contributed by atoms with E-state index in [1.165, 1.54) is 0 Å². The predicted octanol–water partition coefficient (Wildman–Crippen LogP) is 1.50.